The fraction of sp³-hybridized carbons (Fsp3) is 0.417. The van der Waals surface area contributed by atoms with E-state index < -0.39 is 0 Å². The molecule has 2 aromatic carbocycles. The molecule has 0 saturated carbocycles. The van der Waals surface area contributed by atoms with Crippen LogP contribution in [0.2, 0.25) is 0 Å². The Morgan fingerprint density at radius 3 is 2.77 bits per heavy atom. The normalized spacial score (nSPS) is 19.2. The maximum absolute atomic E-state index is 13.2. The van der Waals surface area contributed by atoms with E-state index in [1.165, 1.54) is 24.9 Å². The predicted octanol–water partition coefficient (Wildman–Crippen LogP) is 3.51. The molecule has 156 valence electrons. The van der Waals surface area contributed by atoms with E-state index in [0.717, 1.165) is 49.5 Å². The van der Waals surface area contributed by atoms with Crippen LogP contribution in [0.5, 0.6) is 0 Å². The van der Waals surface area contributed by atoms with Gasteiger partial charge in [-0.15, -0.1) is 0 Å². The number of aryl methyl sites for hydroxylation is 1. The van der Waals surface area contributed by atoms with Gasteiger partial charge in [0.25, 0.3) is 0 Å². The number of para-hydroxylation sites is 2. The molecule has 1 atom stereocenters. The van der Waals surface area contributed by atoms with Gasteiger partial charge in [0.05, 0.1) is 11.0 Å². The minimum Gasteiger partial charge on any atom is -0.339 e. The molecule has 30 heavy (non-hydrogen) atoms. The van der Waals surface area contributed by atoms with Crippen LogP contribution in [0, 0.1) is 0 Å². The summed E-state index contributed by atoms with van der Waals surface area (Å²) in [5, 5.41) is 3.12. The standard InChI is InChI=1S/C24H29N5O/c30-24(25-14-6-10-19-8-2-1-3-9-19)29-22-13-5-4-12-21(22)26-23(29)28-17-16-27-15-7-11-20(27)18-28/h1-5,8-9,12-13,20H,6-7,10-11,14-18H2,(H,25,30). The zero-order chi connectivity index (χ0) is 20.3. The number of nitrogens with zero attached hydrogens (tertiary/aromatic N) is 4. The summed E-state index contributed by atoms with van der Waals surface area (Å²) < 4.78 is 1.78. The van der Waals surface area contributed by atoms with Crippen LogP contribution in [0.3, 0.4) is 0 Å². The molecule has 0 bridgehead atoms. The van der Waals surface area contributed by atoms with Gasteiger partial charge in [-0.3, -0.25) is 4.90 Å². The van der Waals surface area contributed by atoms with E-state index >= 15 is 0 Å². The van der Waals surface area contributed by atoms with Gasteiger partial charge in [0.1, 0.15) is 0 Å². The minimum atomic E-state index is -0.0828. The lowest BCUT2D eigenvalue weighted by Gasteiger charge is -2.38. The second-order valence-electron chi connectivity index (χ2n) is 8.34. The summed E-state index contributed by atoms with van der Waals surface area (Å²) in [7, 11) is 0. The van der Waals surface area contributed by atoms with Gasteiger partial charge in [0, 0.05) is 32.2 Å². The van der Waals surface area contributed by atoms with Crippen molar-refractivity contribution >= 4 is 23.0 Å². The molecule has 2 fully saturated rings. The number of hydrogen-bond acceptors (Lipinski definition) is 4. The molecule has 1 N–H and O–H groups in total. The summed E-state index contributed by atoms with van der Waals surface area (Å²) in [4.78, 5) is 22.9. The maximum atomic E-state index is 13.2. The molecular formula is C24H29N5O. The van der Waals surface area contributed by atoms with Crippen LogP contribution in [-0.2, 0) is 6.42 Å². The van der Waals surface area contributed by atoms with Gasteiger partial charge < -0.3 is 10.2 Å². The number of aromatic nitrogens is 2. The van der Waals surface area contributed by atoms with Crippen molar-refractivity contribution in [3.8, 4) is 0 Å². The third-order valence-corrected chi connectivity index (χ3v) is 6.38. The Balaban J connectivity index is 1.32. The van der Waals surface area contributed by atoms with Crippen LogP contribution >= 0.6 is 0 Å². The number of benzene rings is 2. The molecule has 6 nitrogen and oxygen atoms in total. The molecule has 2 saturated heterocycles. The molecule has 6 heteroatoms. The van der Waals surface area contributed by atoms with Crippen LogP contribution in [0.1, 0.15) is 24.8 Å². The lowest BCUT2D eigenvalue weighted by Crippen LogP contribution is -2.51. The molecule has 2 aliphatic heterocycles. The van der Waals surface area contributed by atoms with E-state index in [4.69, 9.17) is 4.98 Å². The Morgan fingerprint density at radius 2 is 1.87 bits per heavy atom. The topological polar surface area (TPSA) is 53.4 Å². The molecule has 5 rings (SSSR count). The molecule has 3 heterocycles. The van der Waals surface area contributed by atoms with Gasteiger partial charge >= 0.3 is 6.03 Å². The number of hydrogen-bond donors (Lipinski definition) is 1. The van der Waals surface area contributed by atoms with Crippen LogP contribution < -0.4 is 10.2 Å². The molecule has 3 aromatic rings. The van der Waals surface area contributed by atoms with Gasteiger partial charge in [-0.1, -0.05) is 42.5 Å². The van der Waals surface area contributed by atoms with Gasteiger partial charge in [-0.2, -0.15) is 0 Å². The van der Waals surface area contributed by atoms with Crippen LogP contribution in [-0.4, -0.2) is 59.2 Å². The SMILES string of the molecule is O=C(NCCCc1ccccc1)n1c(N2CCN3CCCC3C2)nc2ccccc21. The number of amides is 1. The quantitative estimate of drug-likeness (QED) is 0.663. The van der Waals surface area contributed by atoms with Crippen LogP contribution in [0.25, 0.3) is 11.0 Å². The second kappa shape index (κ2) is 8.48. The summed E-state index contributed by atoms with van der Waals surface area (Å²) in [5.41, 5.74) is 3.05. The van der Waals surface area contributed by atoms with Crippen LogP contribution in [0.15, 0.2) is 54.6 Å². The molecule has 1 aromatic heterocycles. The molecule has 0 aliphatic carbocycles. The molecule has 2 aliphatic rings. The van der Waals surface area contributed by atoms with Crippen molar-refractivity contribution in [1.29, 1.82) is 0 Å². The molecule has 0 spiro atoms. The highest BCUT2D eigenvalue weighted by Crippen LogP contribution is 2.28. The zero-order valence-electron chi connectivity index (χ0n) is 17.3. The Bertz CT molecular complexity index is 1010. The number of nitrogens with one attached hydrogen (secondary N) is 1. The number of carbonyl (C=O) groups excluding carboxylic acids is 1. The van der Waals surface area contributed by atoms with E-state index in [0.29, 0.717) is 12.6 Å². The average Bonchev–Trinajstić information content (AvgIpc) is 3.41. The summed E-state index contributed by atoms with van der Waals surface area (Å²) in [6.45, 7) is 4.77. The summed E-state index contributed by atoms with van der Waals surface area (Å²) in [6.07, 6.45) is 4.39. The lowest BCUT2D eigenvalue weighted by molar-refractivity contribution is 0.227. The second-order valence-corrected chi connectivity index (χ2v) is 8.34. The van der Waals surface area contributed by atoms with Crippen LogP contribution in [0.4, 0.5) is 10.7 Å². The van der Waals surface area contributed by atoms with Gasteiger partial charge in [0.15, 0.2) is 0 Å². The third kappa shape index (κ3) is 3.79. The summed E-state index contributed by atoms with van der Waals surface area (Å²) >= 11 is 0. The Hall–Kier alpha value is -2.86. The number of piperazine rings is 1. The van der Waals surface area contributed by atoms with Gasteiger partial charge in [0.2, 0.25) is 5.95 Å². The van der Waals surface area contributed by atoms with Crippen molar-refractivity contribution < 1.29 is 4.79 Å². The largest absolute Gasteiger partial charge is 0.339 e. The summed E-state index contributed by atoms with van der Waals surface area (Å²) in [5.74, 6) is 0.781. The highest BCUT2D eigenvalue weighted by molar-refractivity contribution is 5.93. The minimum absolute atomic E-state index is 0.0828. The van der Waals surface area contributed by atoms with E-state index in [1.807, 2.05) is 30.3 Å². The van der Waals surface area contributed by atoms with Gasteiger partial charge in [-0.25, -0.2) is 14.3 Å². The summed E-state index contributed by atoms with van der Waals surface area (Å²) in [6, 6.07) is 18.8. The first-order chi connectivity index (χ1) is 14.8. The number of rotatable bonds is 5. The number of imidazole rings is 1. The van der Waals surface area contributed by atoms with Crippen molar-refractivity contribution in [3.05, 3.63) is 60.2 Å². The van der Waals surface area contributed by atoms with Crippen molar-refractivity contribution in [1.82, 2.24) is 19.8 Å². The Morgan fingerprint density at radius 1 is 1.03 bits per heavy atom. The lowest BCUT2D eigenvalue weighted by atomic mass is 10.1. The number of fused-ring (bicyclic) bond motifs is 2. The van der Waals surface area contributed by atoms with E-state index in [1.54, 1.807) is 4.57 Å². The fourth-order valence-electron chi connectivity index (χ4n) is 4.81. The monoisotopic (exact) mass is 403 g/mol. The molecular weight excluding hydrogens is 374 g/mol. The Kier molecular flexibility index (Phi) is 5.41. The van der Waals surface area contributed by atoms with Crippen molar-refractivity contribution in [2.45, 2.75) is 31.7 Å². The maximum Gasteiger partial charge on any atom is 0.328 e. The zero-order valence-corrected chi connectivity index (χ0v) is 17.3. The van der Waals surface area contributed by atoms with E-state index in [2.05, 4.69) is 39.4 Å². The first-order valence-corrected chi connectivity index (χ1v) is 11.1. The first-order valence-electron chi connectivity index (χ1n) is 11.1. The first kappa shape index (κ1) is 19.1. The van der Waals surface area contributed by atoms with Crippen molar-refractivity contribution in [2.24, 2.45) is 0 Å². The number of carbonyl (C=O) groups is 1. The highest BCUT2D eigenvalue weighted by Gasteiger charge is 2.33. The fourth-order valence-corrected chi connectivity index (χ4v) is 4.81. The molecule has 1 amide bonds. The van der Waals surface area contributed by atoms with Gasteiger partial charge in [-0.05, 0) is 49.9 Å². The predicted molar refractivity (Wildman–Crippen MR) is 120 cm³/mol. The van der Waals surface area contributed by atoms with Crippen molar-refractivity contribution in [2.75, 3.05) is 37.6 Å². The third-order valence-electron chi connectivity index (χ3n) is 6.38. The van der Waals surface area contributed by atoms with E-state index in [9.17, 15) is 4.79 Å². The molecule has 1 unspecified atom stereocenters. The Labute approximate surface area is 177 Å². The highest BCUT2D eigenvalue weighted by atomic mass is 16.2. The number of anilines is 1. The van der Waals surface area contributed by atoms with Crippen molar-refractivity contribution in [3.63, 3.8) is 0 Å². The van der Waals surface area contributed by atoms with E-state index in [-0.39, 0.29) is 6.03 Å². The average molecular weight is 404 g/mol. The molecule has 0 radical (unpaired) electrons. The smallest absolute Gasteiger partial charge is 0.328 e.